The molecule has 0 aromatic heterocycles. The minimum Gasteiger partial charge on any atom is -0.480 e. The second-order valence-corrected chi connectivity index (χ2v) is 7.31. The normalized spacial score (nSPS) is 12.0. The van der Waals surface area contributed by atoms with Crippen LogP contribution in [0, 0.1) is 0 Å². The van der Waals surface area contributed by atoms with E-state index in [0.717, 1.165) is 4.90 Å². The van der Waals surface area contributed by atoms with Crippen LogP contribution >= 0.6 is 0 Å². The number of carbonyl (C=O) groups excluding carboxylic acids is 1. The lowest BCUT2D eigenvalue weighted by atomic mass is 10.0. The second-order valence-electron chi connectivity index (χ2n) is 5.20. The van der Waals surface area contributed by atoms with Gasteiger partial charge in [-0.1, -0.05) is 18.2 Å². The van der Waals surface area contributed by atoms with E-state index in [9.17, 15) is 18.0 Å². The number of benzene rings is 1. The average Bonchev–Trinajstić information content (AvgIpc) is 2.44. The van der Waals surface area contributed by atoms with Gasteiger partial charge in [0.1, 0.15) is 5.54 Å². The van der Waals surface area contributed by atoms with Gasteiger partial charge in [0, 0.05) is 13.5 Å². The van der Waals surface area contributed by atoms with Crippen LogP contribution in [0.25, 0.3) is 0 Å². The summed E-state index contributed by atoms with van der Waals surface area (Å²) in [4.78, 5) is 24.3. The van der Waals surface area contributed by atoms with Gasteiger partial charge in [0.25, 0.3) is 0 Å². The highest BCUT2D eigenvalue weighted by Gasteiger charge is 2.35. The Morgan fingerprint density at radius 1 is 1.19 bits per heavy atom. The number of sulfone groups is 1. The summed E-state index contributed by atoms with van der Waals surface area (Å²) in [6.07, 6.45) is -0.259. The zero-order valence-corrected chi connectivity index (χ0v) is 13.1. The molecule has 1 rings (SSSR count). The zero-order chi connectivity index (χ0) is 16.3. The summed E-state index contributed by atoms with van der Waals surface area (Å²) in [7, 11) is -2.20. The van der Waals surface area contributed by atoms with E-state index in [0.29, 0.717) is 0 Å². The molecule has 1 aromatic rings. The van der Waals surface area contributed by atoms with E-state index < -0.39 is 27.3 Å². The van der Waals surface area contributed by atoms with E-state index in [4.69, 9.17) is 5.11 Å². The quantitative estimate of drug-likeness (QED) is 0.851. The SMILES string of the molecule is CN(C(=O)CCS(=O)(=O)c1ccccc1)C(C)(C)C(=O)O. The summed E-state index contributed by atoms with van der Waals surface area (Å²) < 4.78 is 24.1. The highest BCUT2D eigenvalue weighted by atomic mass is 32.2. The van der Waals surface area contributed by atoms with Crippen molar-refractivity contribution < 1.29 is 23.1 Å². The molecule has 116 valence electrons. The van der Waals surface area contributed by atoms with Crippen molar-refractivity contribution in [3.8, 4) is 0 Å². The Labute approximate surface area is 124 Å². The molecule has 1 aromatic carbocycles. The molecule has 0 saturated carbocycles. The molecule has 7 heteroatoms. The Kier molecular flexibility index (Phi) is 5.11. The van der Waals surface area contributed by atoms with E-state index >= 15 is 0 Å². The van der Waals surface area contributed by atoms with Crippen LogP contribution in [0.1, 0.15) is 20.3 Å². The monoisotopic (exact) mass is 313 g/mol. The van der Waals surface area contributed by atoms with Crippen LogP contribution in [0.3, 0.4) is 0 Å². The third-order valence-electron chi connectivity index (χ3n) is 3.42. The van der Waals surface area contributed by atoms with Crippen molar-refractivity contribution in [2.24, 2.45) is 0 Å². The van der Waals surface area contributed by atoms with Gasteiger partial charge in [0.05, 0.1) is 10.6 Å². The zero-order valence-electron chi connectivity index (χ0n) is 12.2. The molecule has 0 aliphatic rings. The standard InChI is InChI=1S/C14H19NO5S/c1-14(2,13(17)18)15(3)12(16)9-10-21(19,20)11-7-5-4-6-8-11/h4-8H,9-10H2,1-3H3,(H,17,18). The molecule has 0 radical (unpaired) electrons. The number of rotatable bonds is 6. The summed E-state index contributed by atoms with van der Waals surface area (Å²) in [5.41, 5.74) is -1.38. The molecule has 0 spiro atoms. The molecule has 0 fully saturated rings. The summed E-state index contributed by atoms with van der Waals surface area (Å²) in [5.74, 6) is -2.03. The van der Waals surface area contributed by atoms with Gasteiger partial charge in [-0.3, -0.25) is 4.79 Å². The minimum atomic E-state index is -3.55. The van der Waals surface area contributed by atoms with Crippen molar-refractivity contribution in [3.05, 3.63) is 30.3 Å². The minimum absolute atomic E-state index is 0.151. The summed E-state index contributed by atoms with van der Waals surface area (Å²) in [5, 5.41) is 9.05. The maximum atomic E-state index is 12.1. The Bertz CT molecular complexity index is 622. The number of carboxylic acid groups (broad SMARTS) is 1. The molecule has 0 unspecified atom stereocenters. The van der Waals surface area contributed by atoms with Crippen molar-refractivity contribution in [2.45, 2.75) is 30.7 Å². The third-order valence-corrected chi connectivity index (χ3v) is 5.15. The number of aliphatic carboxylic acids is 1. The fourth-order valence-corrected chi connectivity index (χ4v) is 2.84. The lowest BCUT2D eigenvalue weighted by Crippen LogP contribution is -2.51. The highest BCUT2D eigenvalue weighted by molar-refractivity contribution is 7.91. The molecule has 1 amide bonds. The van der Waals surface area contributed by atoms with Crippen LogP contribution in [0.4, 0.5) is 0 Å². The lowest BCUT2D eigenvalue weighted by molar-refractivity contribution is -0.155. The Morgan fingerprint density at radius 2 is 1.71 bits per heavy atom. The predicted octanol–water partition coefficient (Wildman–Crippen LogP) is 1.17. The van der Waals surface area contributed by atoms with Gasteiger partial charge in [-0.25, -0.2) is 13.2 Å². The van der Waals surface area contributed by atoms with E-state index in [-0.39, 0.29) is 17.1 Å². The van der Waals surface area contributed by atoms with Gasteiger partial charge in [0.2, 0.25) is 5.91 Å². The van der Waals surface area contributed by atoms with Gasteiger partial charge < -0.3 is 10.0 Å². The number of nitrogens with zero attached hydrogens (tertiary/aromatic N) is 1. The largest absolute Gasteiger partial charge is 0.480 e. The van der Waals surface area contributed by atoms with E-state index in [1.54, 1.807) is 18.2 Å². The Hall–Kier alpha value is -1.89. The first-order valence-corrected chi connectivity index (χ1v) is 8.02. The van der Waals surface area contributed by atoms with Crippen LogP contribution < -0.4 is 0 Å². The van der Waals surface area contributed by atoms with Crippen LogP contribution in [0.2, 0.25) is 0 Å². The first-order valence-electron chi connectivity index (χ1n) is 6.37. The van der Waals surface area contributed by atoms with Gasteiger partial charge >= 0.3 is 5.97 Å². The van der Waals surface area contributed by atoms with Crippen molar-refractivity contribution in [2.75, 3.05) is 12.8 Å². The van der Waals surface area contributed by atoms with Crippen LogP contribution in [0.5, 0.6) is 0 Å². The maximum absolute atomic E-state index is 12.1. The molecule has 21 heavy (non-hydrogen) atoms. The molecule has 0 heterocycles. The van der Waals surface area contributed by atoms with E-state index in [2.05, 4.69) is 0 Å². The summed E-state index contributed by atoms with van der Waals surface area (Å²) >= 11 is 0. The predicted molar refractivity (Wildman–Crippen MR) is 77.6 cm³/mol. The van der Waals surface area contributed by atoms with Crippen molar-refractivity contribution in [1.82, 2.24) is 4.90 Å². The molecule has 1 N–H and O–H groups in total. The van der Waals surface area contributed by atoms with Crippen LogP contribution in [-0.2, 0) is 19.4 Å². The molecular weight excluding hydrogens is 294 g/mol. The fourth-order valence-electron chi connectivity index (χ4n) is 1.59. The van der Waals surface area contributed by atoms with E-state index in [1.807, 2.05) is 0 Å². The fraction of sp³-hybridized carbons (Fsp3) is 0.429. The smallest absolute Gasteiger partial charge is 0.329 e. The first-order chi connectivity index (χ1) is 9.59. The molecule has 0 atom stereocenters. The topological polar surface area (TPSA) is 91.8 Å². The maximum Gasteiger partial charge on any atom is 0.329 e. The first kappa shape index (κ1) is 17.2. The summed E-state index contributed by atoms with van der Waals surface area (Å²) in [6, 6.07) is 7.84. The lowest BCUT2D eigenvalue weighted by Gasteiger charge is -2.31. The van der Waals surface area contributed by atoms with Gasteiger partial charge in [0.15, 0.2) is 9.84 Å². The van der Waals surface area contributed by atoms with Crippen molar-refractivity contribution in [1.29, 1.82) is 0 Å². The number of carbonyl (C=O) groups is 2. The third kappa shape index (κ3) is 4.04. The number of carboxylic acids is 1. The number of hydrogen-bond acceptors (Lipinski definition) is 4. The Balaban J connectivity index is 2.76. The van der Waals surface area contributed by atoms with Crippen molar-refractivity contribution in [3.63, 3.8) is 0 Å². The van der Waals surface area contributed by atoms with E-state index in [1.165, 1.54) is 33.0 Å². The Morgan fingerprint density at radius 3 is 2.19 bits per heavy atom. The number of hydrogen-bond donors (Lipinski definition) is 1. The average molecular weight is 313 g/mol. The molecule has 0 aliphatic carbocycles. The second kappa shape index (κ2) is 6.26. The molecular formula is C14H19NO5S. The summed E-state index contributed by atoms with van der Waals surface area (Å²) in [6.45, 7) is 2.78. The van der Waals surface area contributed by atoms with Crippen molar-refractivity contribution >= 4 is 21.7 Å². The van der Waals surface area contributed by atoms with Gasteiger partial charge in [-0.05, 0) is 26.0 Å². The molecule has 0 saturated heterocycles. The van der Waals surface area contributed by atoms with Gasteiger partial charge in [-0.15, -0.1) is 0 Å². The van der Waals surface area contributed by atoms with Gasteiger partial charge in [-0.2, -0.15) is 0 Å². The molecule has 0 bridgehead atoms. The highest BCUT2D eigenvalue weighted by Crippen LogP contribution is 2.16. The van der Waals surface area contributed by atoms with Crippen LogP contribution in [0.15, 0.2) is 35.2 Å². The number of likely N-dealkylation sites (N-methyl/N-ethyl adjacent to an activating group) is 1. The molecule has 6 nitrogen and oxygen atoms in total. The number of amides is 1. The van der Waals surface area contributed by atoms with Crippen LogP contribution in [-0.4, -0.2) is 48.6 Å². The molecule has 0 aliphatic heterocycles.